The van der Waals surface area contributed by atoms with Crippen LogP contribution in [0, 0.1) is 5.92 Å². The van der Waals surface area contributed by atoms with Crippen molar-refractivity contribution in [1.29, 1.82) is 0 Å². The minimum Gasteiger partial charge on any atom is -0.390 e. The van der Waals surface area contributed by atoms with Crippen LogP contribution in [0.5, 0.6) is 0 Å². The molecule has 1 aliphatic carbocycles. The van der Waals surface area contributed by atoms with E-state index in [1.54, 1.807) is 0 Å². The van der Waals surface area contributed by atoms with E-state index in [4.69, 9.17) is 11.6 Å². The van der Waals surface area contributed by atoms with E-state index < -0.39 is 5.60 Å². The lowest BCUT2D eigenvalue weighted by atomic mass is 9.76. The Morgan fingerprint density at radius 2 is 2.19 bits per heavy atom. The van der Waals surface area contributed by atoms with E-state index in [0.717, 1.165) is 29.8 Å². The van der Waals surface area contributed by atoms with Gasteiger partial charge in [-0.15, -0.1) is 0 Å². The first-order chi connectivity index (χ1) is 7.59. The first-order valence-corrected chi connectivity index (χ1v) is 6.43. The van der Waals surface area contributed by atoms with Crippen molar-refractivity contribution in [2.24, 2.45) is 5.92 Å². The molecule has 2 heteroatoms. The van der Waals surface area contributed by atoms with Crippen molar-refractivity contribution >= 4 is 11.6 Å². The van der Waals surface area contributed by atoms with Crippen molar-refractivity contribution < 1.29 is 5.11 Å². The summed E-state index contributed by atoms with van der Waals surface area (Å²) in [6, 6.07) is 7.82. The van der Waals surface area contributed by atoms with Gasteiger partial charge in [-0.2, -0.15) is 0 Å². The third kappa shape index (κ3) is 2.78. The van der Waals surface area contributed by atoms with Gasteiger partial charge in [-0.05, 0) is 30.4 Å². The van der Waals surface area contributed by atoms with Crippen LogP contribution in [0.25, 0.3) is 0 Å². The molecule has 0 saturated heterocycles. The van der Waals surface area contributed by atoms with Crippen LogP contribution in [0.3, 0.4) is 0 Å². The van der Waals surface area contributed by atoms with Crippen molar-refractivity contribution in [3.05, 3.63) is 34.9 Å². The summed E-state index contributed by atoms with van der Waals surface area (Å²) in [6.07, 6.45) is 4.87. The lowest BCUT2D eigenvalue weighted by Crippen LogP contribution is -2.36. The third-order valence-electron chi connectivity index (χ3n) is 3.54. The molecule has 0 heterocycles. The standard InChI is InChI=1S/C14H19ClO/c1-11-5-4-8-14(16,9-11)10-12-6-2-3-7-13(12)15/h2-3,6-7,11,16H,4-5,8-10H2,1H3. The SMILES string of the molecule is CC1CCCC(O)(Cc2ccccc2Cl)C1. The van der Waals surface area contributed by atoms with Crippen LogP contribution >= 0.6 is 11.6 Å². The van der Waals surface area contributed by atoms with Gasteiger partial charge in [-0.1, -0.05) is 49.6 Å². The minimum absolute atomic E-state index is 0.539. The van der Waals surface area contributed by atoms with Gasteiger partial charge in [0.1, 0.15) is 0 Å². The highest BCUT2D eigenvalue weighted by molar-refractivity contribution is 6.31. The molecule has 1 aromatic rings. The molecule has 2 atom stereocenters. The fourth-order valence-electron chi connectivity index (χ4n) is 2.79. The summed E-state index contributed by atoms with van der Waals surface area (Å²) in [7, 11) is 0. The zero-order valence-corrected chi connectivity index (χ0v) is 10.5. The van der Waals surface area contributed by atoms with Crippen LogP contribution in [-0.4, -0.2) is 10.7 Å². The molecule has 0 aliphatic heterocycles. The molecule has 1 N–H and O–H groups in total. The summed E-state index contributed by atoms with van der Waals surface area (Å²) >= 11 is 6.13. The van der Waals surface area contributed by atoms with E-state index in [2.05, 4.69) is 6.92 Å². The Bertz CT molecular complexity index is 364. The fraction of sp³-hybridized carbons (Fsp3) is 0.571. The lowest BCUT2D eigenvalue weighted by molar-refractivity contribution is -0.0123. The molecule has 1 saturated carbocycles. The number of aliphatic hydroxyl groups is 1. The van der Waals surface area contributed by atoms with E-state index in [0.29, 0.717) is 12.3 Å². The summed E-state index contributed by atoms with van der Waals surface area (Å²) in [5.41, 5.74) is 0.531. The maximum Gasteiger partial charge on any atom is 0.0691 e. The summed E-state index contributed by atoms with van der Waals surface area (Å²) in [5, 5.41) is 11.3. The Kier molecular flexibility index (Phi) is 3.56. The molecular weight excluding hydrogens is 220 g/mol. The second kappa shape index (κ2) is 4.77. The van der Waals surface area contributed by atoms with Crippen LogP contribution < -0.4 is 0 Å². The van der Waals surface area contributed by atoms with Crippen molar-refractivity contribution in [1.82, 2.24) is 0 Å². The van der Waals surface area contributed by atoms with Crippen LogP contribution in [0.15, 0.2) is 24.3 Å². The lowest BCUT2D eigenvalue weighted by Gasteiger charge is -2.35. The van der Waals surface area contributed by atoms with E-state index >= 15 is 0 Å². The molecule has 1 aromatic carbocycles. The molecule has 0 spiro atoms. The molecule has 2 unspecified atom stereocenters. The van der Waals surface area contributed by atoms with Gasteiger partial charge in [0.25, 0.3) is 0 Å². The minimum atomic E-state index is -0.539. The van der Waals surface area contributed by atoms with Gasteiger partial charge in [0, 0.05) is 11.4 Å². The third-order valence-corrected chi connectivity index (χ3v) is 3.91. The Labute approximate surface area is 102 Å². The Balaban J connectivity index is 2.11. The second-order valence-electron chi connectivity index (χ2n) is 5.19. The number of rotatable bonds is 2. The first kappa shape index (κ1) is 11.9. The zero-order chi connectivity index (χ0) is 11.6. The maximum absolute atomic E-state index is 10.6. The highest BCUT2D eigenvalue weighted by Crippen LogP contribution is 2.35. The first-order valence-electron chi connectivity index (χ1n) is 6.05. The summed E-state index contributed by atoms with van der Waals surface area (Å²) in [5.74, 6) is 0.626. The monoisotopic (exact) mass is 238 g/mol. The van der Waals surface area contributed by atoms with Gasteiger partial charge >= 0.3 is 0 Å². The van der Waals surface area contributed by atoms with Gasteiger partial charge in [0.15, 0.2) is 0 Å². The molecule has 0 bridgehead atoms. The predicted molar refractivity (Wildman–Crippen MR) is 67.7 cm³/mol. The molecule has 0 amide bonds. The molecule has 2 rings (SSSR count). The number of benzene rings is 1. The molecule has 88 valence electrons. The normalized spacial score (nSPS) is 30.3. The highest BCUT2D eigenvalue weighted by Gasteiger charge is 2.32. The van der Waals surface area contributed by atoms with Crippen molar-refractivity contribution in [3.63, 3.8) is 0 Å². The molecule has 1 aliphatic rings. The quantitative estimate of drug-likeness (QED) is 0.831. The van der Waals surface area contributed by atoms with Crippen LogP contribution in [-0.2, 0) is 6.42 Å². The molecule has 0 aromatic heterocycles. The second-order valence-corrected chi connectivity index (χ2v) is 5.60. The van der Waals surface area contributed by atoms with Crippen LogP contribution in [0.4, 0.5) is 0 Å². The largest absolute Gasteiger partial charge is 0.390 e. The van der Waals surface area contributed by atoms with E-state index in [-0.39, 0.29) is 0 Å². The predicted octanol–water partition coefficient (Wildman–Crippen LogP) is 3.82. The van der Waals surface area contributed by atoms with Gasteiger partial charge in [-0.25, -0.2) is 0 Å². The van der Waals surface area contributed by atoms with Gasteiger partial charge < -0.3 is 5.11 Å². The molecular formula is C14H19ClO. The topological polar surface area (TPSA) is 20.2 Å². The molecule has 1 fully saturated rings. The average Bonchev–Trinajstić information content (AvgIpc) is 2.21. The van der Waals surface area contributed by atoms with Crippen LogP contribution in [0.1, 0.15) is 38.2 Å². The zero-order valence-electron chi connectivity index (χ0n) is 9.75. The number of hydrogen-bond donors (Lipinski definition) is 1. The highest BCUT2D eigenvalue weighted by atomic mass is 35.5. The number of hydrogen-bond acceptors (Lipinski definition) is 1. The van der Waals surface area contributed by atoms with E-state index in [9.17, 15) is 5.11 Å². The van der Waals surface area contributed by atoms with Crippen molar-refractivity contribution in [2.75, 3.05) is 0 Å². The summed E-state index contributed by atoms with van der Waals surface area (Å²) in [6.45, 7) is 2.22. The Morgan fingerprint density at radius 1 is 1.44 bits per heavy atom. The van der Waals surface area contributed by atoms with E-state index in [1.165, 1.54) is 6.42 Å². The number of halogens is 1. The Hall–Kier alpha value is -0.530. The molecule has 1 nitrogen and oxygen atoms in total. The Morgan fingerprint density at radius 3 is 2.88 bits per heavy atom. The average molecular weight is 239 g/mol. The molecule has 0 radical (unpaired) electrons. The summed E-state index contributed by atoms with van der Waals surface area (Å²) < 4.78 is 0. The van der Waals surface area contributed by atoms with Gasteiger partial charge in [0.05, 0.1) is 5.60 Å². The smallest absolute Gasteiger partial charge is 0.0691 e. The van der Waals surface area contributed by atoms with Gasteiger partial charge in [-0.3, -0.25) is 0 Å². The van der Waals surface area contributed by atoms with E-state index in [1.807, 2.05) is 24.3 Å². The van der Waals surface area contributed by atoms with Gasteiger partial charge in [0.2, 0.25) is 0 Å². The maximum atomic E-state index is 10.6. The van der Waals surface area contributed by atoms with Crippen molar-refractivity contribution in [3.8, 4) is 0 Å². The fourth-order valence-corrected chi connectivity index (χ4v) is 2.99. The molecule has 16 heavy (non-hydrogen) atoms. The summed E-state index contributed by atoms with van der Waals surface area (Å²) in [4.78, 5) is 0. The van der Waals surface area contributed by atoms with Crippen molar-refractivity contribution in [2.45, 2.75) is 44.6 Å². The van der Waals surface area contributed by atoms with Crippen LogP contribution in [0.2, 0.25) is 5.02 Å².